The van der Waals surface area contributed by atoms with E-state index in [2.05, 4.69) is 5.32 Å². The number of carbonyl (C=O) groups excluding carboxylic acids is 1. The first-order chi connectivity index (χ1) is 6.93. The Morgan fingerprint density at radius 1 is 1.40 bits per heavy atom. The number of aliphatic hydroxyl groups is 1. The molecule has 4 nitrogen and oxygen atoms in total. The molecular formula is C11H16N2O2. The average Bonchev–Trinajstić information content (AvgIpc) is 2.17. The second-order valence-corrected chi connectivity index (χ2v) is 4.03. The fourth-order valence-corrected chi connectivity index (χ4v) is 0.986. The largest absolute Gasteiger partial charge is 0.392 e. The summed E-state index contributed by atoms with van der Waals surface area (Å²) >= 11 is 0. The van der Waals surface area contributed by atoms with E-state index in [0.29, 0.717) is 5.69 Å². The predicted octanol–water partition coefficient (Wildman–Crippen LogP) is 0.855. The number of hydrogen-bond acceptors (Lipinski definition) is 3. The molecule has 0 unspecified atom stereocenters. The first-order valence-corrected chi connectivity index (χ1v) is 4.73. The molecule has 0 saturated heterocycles. The van der Waals surface area contributed by atoms with Gasteiger partial charge in [-0.1, -0.05) is 12.1 Å². The van der Waals surface area contributed by atoms with E-state index in [1.54, 1.807) is 38.1 Å². The topological polar surface area (TPSA) is 75.4 Å². The van der Waals surface area contributed by atoms with Gasteiger partial charge in [0, 0.05) is 5.69 Å². The zero-order valence-electron chi connectivity index (χ0n) is 8.95. The molecule has 1 amide bonds. The molecule has 82 valence electrons. The van der Waals surface area contributed by atoms with Gasteiger partial charge in [0.25, 0.3) is 0 Å². The van der Waals surface area contributed by atoms with Gasteiger partial charge < -0.3 is 16.2 Å². The van der Waals surface area contributed by atoms with Gasteiger partial charge in [-0.25, -0.2) is 0 Å². The molecule has 0 fully saturated rings. The van der Waals surface area contributed by atoms with Crippen LogP contribution in [0.25, 0.3) is 0 Å². The molecule has 0 heterocycles. The van der Waals surface area contributed by atoms with Crippen LogP contribution < -0.4 is 11.1 Å². The van der Waals surface area contributed by atoms with E-state index in [1.165, 1.54) is 0 Å². The zero-order chi connectivity index (χ0) is 11.5. The first kappa shape index (κ1) is 11.7. The summed E-state index contributed by atoms with van der Waals surface area (Å²) in [4.78, 5) is 11.5. The van der Waals surface area contributed by atoms with Crippen molar-refractivity contribution in [1.82, 2.24) is 0 Å². The highest BCUT2D eigenvalue weighted by molar-refractivity contribution is 5.97. The highest BCUT2D eigenvalue weighted by atomic mass is 16.3. The van der Waals surface area contributed by atoms with Gasteiger partial charge in [0.1, 0.15) is 0 Å². The molecule has 0 atom stereocenters. The van der Waals surface area contributed by atoms with Crippen LogP contribution in [-0.2, 0) is 11.4 Å². The third kappa shape index (κ3) is 3.34. The van der Waals surface area contributed by atoms with Crippen LogP contribution in [0.4, 0.5) is 5.69 Å². The second-order valence-electron chi connectivity index (χ2n) is 4.03. The Bertz CT molecular complexity index is 339. The molecule has 4 heteroatoms. The molecule has 0 aliphatic carbocycles. The number of amides is 1. The molecular weight excluding hydrogens is 192 g/mol. The average molecular weight is 208 g/mol. The van der Waals surface area contributed by atoms with Crippen LogP contribution in [0.2, 0.25) is 0 Å². The smallest absolute Gasteiger partial charge is 0.243 e. The zero-order valence-corrected chi connectivity index (χ0v) is 8.95. The summed E-state index contributed by atoms with van der Waals surface area (Å²) in [5.74, 6) is -0.237. The van der Waals surface area contributed by atoms with E-state index in [0.717, 1.165) is 5.56 Å². The van der Waals surface area contributed by atoms with Crippen LogP contribution in [-0.4, -0.2) is 16.6 Å². The standard InChI is InChI=1S/C11H16N2O2/c1-11(2,12)10(15)13-9-5-3-8(7-14)4-6-9/h3-6,14H,7,12H2,1-2H3,(H,13,15). The minimum Gasteiger partial charge on any atom is -0.392 e. The molecule has 0 aromatic heterocycles. The maximum atomic E-state index is 11.5. The fourth-order valence-electron chi connectivity index (χ4n) is 0.986. The van der Waals surface area contributed by atoms with Crippen LogP contribution in [0.1, 0.15) is 19.4 Å². The normalized spacial score (nSPS) is 11.2. The monoisotopic (exact) mass is 208 g/mol. The van der Waals surface area contributed by atoms with E-state index in [1.807, 2.05) is 0 Å². The lowest BCUT2D eigenvalue weighted by Crippen LogP contribution is -2.45. The van der Waals surface area contributed by atoms with E-state index in [9.17, 15) is 4.79 Å². The Morgan fingerprint density at radius 3 is 2.33 bits per heavy atom. The third-order valence-electron chi connectivity index (χ3n) is 1.98. The van der Waals surface area contributed by atoms with Crippen molar-refractivity contribution in [3.05, 3.63) is 29.8 Å². The maximum Gasteiger partial charge on any atom is 0.243 e. The maximum absolute atomic E-state index is 11.5. The molecule has 0 spiro atoms. The van der Waals surface area contributed by atoms with Gasteiger partial charge in [-0.2, -0.15) is 0 Å². The summed E-state index contributed by atoms with van der Waals surface area (Å²) in [7, 11) is 0. The highest BCUT2D eigenvalue weighted by Gasteiger charge is 2.21. The van der Waals surface area contributed by atoms with Crippen LogP contribution >= 0.6 is 0 Å². The second kappa shape index (κ2) is 4.42. The minimum absolute atomic E-state index is 0.00336. The van der Waals surface area contributed by atoms with Crippen LogP contribution in [0.5, 0.6) is 0 Å². The lowest BCUT2D eigenvalue weighted by molar-refractivity contribution is -0.120. The Morgan fingerprint density at radius 2 is 1.93 bits per heavy atom. The van der Waals surface area contributed by atoms with Gasteiger partial charge in [-0.05, 0) is 31.5 Å². The van der Waals surface area contributed by atoms with Crippen molar-refractivity contribution in [2.45, 2.75) is 26.0 Å². The number of hydrogen-bond donors (Lipinski definition) is 3. The van der Waals surface area contributed by atoms with Gasteiger partial charge in [0.2, 0.25) is 5.91 Å². The molecule has 1 aromatic carbocycles. The van der Waals surface area contributed by atoms with Gasteiger partial charge in [0.15, 0.2) is 0 Å². The Labute approximate surface area is 89.1 Å². The van der Waals surface area contributed by atoms with E-state index < -0.39 is 5.54 Å². The molecule has 15 heavy (non-hydrogen) atoms. The number of anilines is 1. The van der Waals surface area contributed by atoms with E-state index in [-0.39, 0.29) is 12.5 Å². The van der Waals surface area contributed by atoms with Gasteiger partial charge in [-0.15, -0.1) is 0 Å². The van der Waals surface area contributed by atoms with E-state index in [4.69, 9.17) is 10.8 Å². The summed E-state index contributed by atoms with van der Waals surface area (Å²) in [5.41, 5.74) is 6.22. The highest BCUT2D eigenvalue weighted by Crippen LogP contribution is 2.11. The molecule has 0 bridgehead atoms. The van der Waals surface area contributed by atoms with Crippen molar-refractivity contribution in [2.24, 2.45) is 5.73 Å². The molecule has 0 aliphatic heterocycles. The van der Waals surface area contributed by atoms with E-state index >= 15 is 0 Å². The summed E-state index contributed by atoms with van der Waals surface area (Å²) in [6.07, 6.45) is 0. The van der Waals surface area contributed by atoms with Crippen molar-refractivity contribution >= 4 is 11.6 Å². The molecule has 1 aromatic rings. The SMILES string of the molecule is CC(C)(N)C(=O)Nc1ccc(CO)cc1. The fraction of sp³-hybridized carbons (Fsp3) is 0.364. The molecule has 4 N–H and O–H groups in total. The van der Waals surface area contributed by atoms with Crippen LogP contribution in [0.15, 0.2) is 24.3 Å². The van der Waals surface area contributed by atoms with Crippen LogP contribution in [0, 0.1) is 0 Å². The van der Waals surface area contributed by atoms with Gasteiger partial charge in [-0.3, -0.25) is 4.79 Å². The Balaban J connectivity index is 2.70. The Kier molecular flexibility index (Phi) is 3.44. The van der Waals surface area contributed by atoms with Crippen molar-refractivity contribution in [1.29, 1.82) is 0 Å². The number of benzene rings is 1. The Hall–Kier alpha value is -1.39. The van der Waals surface area contributed by atoms with Crippen molar-refractivity contribution in [3.63, 3.8) is 0 Å². The lowest BCUT2D eigenvalue weighted by Gasteiger charge is -2.17. The summed E-state index contributed by atoms with van der Waals surface area (Å²) in [6.45, 7) is 3.28. The number of rotatable bonds is 3. The molecule has 1 rings (SSSR count). The minimum atomic E-state index is -0.893. The predicted molar refractivity (Wildman–Crippen MR) is 59.3 cm³/mol. The summed E-state index contributed by atoms with van der Waals surface area (Å²) in [5, 5.41) is 11.5. The van der Waals surface area contributed by atoms with Crippen molar-refractivity contribution in [2.75, 3.05) is 5.32 Å². The van der Waals surface area contributed by atoms with Crippen molar-refractivity contribution in [3.8, 4) is 0 Å². The number of carbonyl (C=O) groups is 1. The number of nitrogens with one attached hydrogen (secondary N) is 1. The third-order valence-corrected chi connectivity index (χ3v) is 1.98. The number of nitrogens with two attached hydrogens (primary N) is 1. The molecule has 0 aliphatic rings. The van der Waals surface area contributed by atoms with Crippen molar-refractivity contribution < 1.29 is 9.90 Å². The van der Waals surface area contributed by atoms with Crippen LogP contribution in [0.3, 0.4) is 0 Å². The lowest BCUT2D eigenvalue weighted by atomic mass is 10.1. The van der Waals surface area contributed by atoms with Gasteiger partial charge >= 0.3 is 0 Å². The van der Waals surface area contributed by atoms with Gasteiger partial charge in [0.05, 0.1) is 12.1 Å². The molecule has 0 radical (unpaired) electrons. The molecule has 0 saturated carbocycles. The first-order valence-electron chi connectivity index (χ1n) is 4.73. The summed E-state index contributed by atoms with van der Waals surface area (Å²) < 4.78 is 0. The number of aliphatic hydroxyl groups excluding tert-OH is 1. The summed E-state index contributed by atoms with van der Waals surface area (Å²) in [6, 6.07) is 6.96. The quantitative estimate of drug-likeness (QED) is 0.689.